The Morgan fingerprint density at radius 2 is 1.58 bits per heavy atom. The fourth-order valence-corrected chi connectivity index (χ4v) is 5.28. The van der Waals surface area contributed by atoms with Crippen molar-refractivity contribution in [1.29, 1.82) is 0 Å². The van der Waals surface area contributed by atoms with E-state index in [4.69, 9.17) is 0 Å². The number of hydrogen-bond donors (Lipinski definition) is 0. The second-order valence-corrected chi connectivity index (χ2v) is 9.28. The largest absolute Gasteiger partial charge is 0.342 e. The van der Waals surface area contributed by atoms with Crippen molar-refractivity contribution >= 4 is 15.9 Å². The Labute approximate surface area is 182 Å². The van der Waals surface area contributed by atoms with Crippen molar-refractivity contribution in [1.82, 2.24) is 14.1 Å². The first kappa shape index (κ1) is 23.3. The molecule has 2 aromatic rings. The molecule has 0 bridgehead atoms. The number of nitrogens with zero attached hydrogens (tertiary/aromatic N) is 3. The number of carbonyl (C=O) groups is 1. The molecule has 0 aliphatic carbocycles. The highest BCUT2D eigenvalue weighted by Crippen LogP contribution is 2.27. The van der Waals surface area contributed by atoms with E-state index in [-0.39, 0.29) is 23.9 Å². The Bertz CT molecular complexity index is 1010. The third kappa shape index (κ3) is 4.94. The third-order valence-electron chi connectivity index (χ3n) is 5.59. The third-order valence-corrected chi connectivity index (χ3v) is 7.49. The summed E-state index contributed by atoms with van der Waals surface area (Å²) in [5.74, 6) is -2.31. The molecular weight excluding hydrogens is 424 g/mol. The van der Waals surface area contributed by atoms with Crippen LogP contribution in [0.15, 0.2) is 53.4 Å². The number of sulfonamides is 1. The van der Waals surface area contributed by atoms with Gasteiger partial charge in [0.1, 0.15) is 6.04 Å². The van der Waals surface area contributed by atoms with Gasteiger partial charge in [0.05, 0.1) is 4.90 Å². The minimum absolute atomic E-state index is 0.0203. The van der Waals surface area contributed by atoms with E-state index in [0.717, 1.165) is 17.7 Å². The van der Waals surface area contributed by atoms with Crippen molar-refractivity contribution < 1.29 is 22.0 Å². The second kappa shape index (κ2) is 9.84. The van der Waals surface area contributed by atoms with Crippen LogP contribution in [0.1, 0.15) is 25.5 Å². The van der Waals surface area contributed by atoms with Crippen LogP contribution in [0, 0.1) is 11.6 Å². The van der Waals surface area contributed by atoms with Crippen LogP contribution in [-0.2, 0) is 14.8 Å². The normalized spacial score (nSPS) is 16.8. The summed E-state index contributed by atoms with van der Waals surface area (Å²) in [6.45, 7) is 6.01. The van der Waals surface area contributed by atoms with Gasteiger partial charge in [0.2, 0.25) is 15.9 Å². The molecule has 2 aromatic carbocycles. The molecule has 6 nitrogen and oxygen atoms in total. The van der Waals surface area contributed by atoms with E-state index in [0.29, 0.717) is 32.2 Å². The monoisotopic (exact) mass is 451 g/mol. The molecule has 168 valence electrons. The van der Waals surface area contributed by atoms with Gasteiger partial charge in [-0.1, -0.05) is 30.3 Å². The lowest BCUT2D eigenvalue weighted by Gasteiger charge is -2.39. The summed E-state index contributed by atoms with van der Waals surface area (Å²) in [4.78, 5) is 16.7. The number of likely N-dealkylation sites (N-methyl/N-ethyl adjacent to an activating group) is 1. The van der Waals surface area contributed by atoms with Crippen molar-refractivity contribution in [3.8, 4) is 0 Å². The number of halogens is 2. The zero-order valence-electron chi connectivity index (χ0n) is 17.7. The van der Waals surface area contributed by atoms with E-state index in [1.54, 1.807) is 4.90 Å². The summed E-state index contributed by atoms with van der Waals surface area (Å²) in [5.41, 5.74) is 0.858. The highest BCUT2D eigenvalue weighted by atomic mass is 32.2. The van der Waals surface area contributed by atoms with Gasteiger partial charge < -0.3 is 4.90 Å². The first-order chi connectivity index (χ1) is 14.8. The Hall–Kier alpha value is -2.36. The van der Waals surface area contributed by atoms with Gasteiger partial charge in [0.25, 0.3) is 0 Å². The van der Waals surface area contributed by atoms with Crippen molar-refractivity contribution in [2.75, 3.05) is 39.3 Å². The van der Waals surface area contributed by atoms with Crippen LogP contribution in [0.25, 0.3) is 0 Å². The predicted octanol–water partition coefficient (Wildman–Crippen LogP) is 2.88. The molecule has 9 heteroatoms. The minimum Gasteiger partial charge on any atom is -0.342 e. The molecule has 31 heavy (non-hydrogen) atoms. The van der Waals surface area contributed by atoms with Gasteiger partial charge in [-0.2, -0.15) is 4.31 Å². The summed E-state index contributed by atoms with van der Waals surface area (Å²) in [5, 5.41) is 0. The number of benzene rings is 2. The van der Waals surface area contributed by atoms with E-state index in [1.807, 2.05) is 49.1 Å². The molecule has 1 unspecified atom stereocenters. The summed E-state index contributed by atoms with van der Waals surface area (Å²) < 4.78 is 53.8. The predicted molar refractivity (Wildman–Crippen MR) is 114 cm³/mol. The molecule has 3 rings (SSSR count). The van der Waals surface area contributed by atoms with Crippen LogP contribution in [0.5, 0.6) is 0 Å². The minimum atomic E-state index is -3.96. The van der Waals surface area contributed by atoms with Gasteiger partial charge in [-0.3, -0.25) is 9.69 Å². The van der Waals surface area contributed by atoms with Crippen LogP contribution >= 0.6 is 0 Å². The summed E-state index contributed by atoms with van der Waals surface area (Å²) in [7, 11) is -3.96. The molecule has 1 aliphatic rings. The molecule has 0 spiro atoms. The Balaban J connectivity index is 1.80. The van der Waals surface area contributed by atoms with Gasteiger partial charge in [0.15, 0.2) is 11.6 Å². The molecule has 1 saturated heterocycles. The van der Waals surface area contributed by atoms with E-state index < -0.39 is 27.7 Å². The Morgan fingerprint density at radius 3 is 2.13 bits per heavy atom. The lowest BCUT2D eigenvalue weighted by molar-refractivity contribution is -0.137. The number of carbonyl (C=O) groups excluding carboxylic acids is 1. The van der Waals surface area contributed by atoms with Gasteiger partial charge >= 0.3 is 0 Å². The topological polar surface area (TPSA) is 60.9 Å². The second-order valence-electron chi connectivity index (χ2n) is 7.34. The fourth-order valence-electron chi connectivity index (χ4n) is 3.84. The first-order valence-electron chi connectivity index (χ1n) is 10.3. The summed E-state index contributed by atoms with van der Waals surface area (Å²) in [6, 6.07) is 11.5. The summed E-state index contributed by atoms with van der Waals surface area (Å²) >= 11 is 0. The standard InChI is InChI=1S/C22H27F2N3O3S/c1-3-25(4-2)22(28)21(17-8-6-5-7-9-17)26-12-14-27(15-13-26)31(29,30)18-10-11-19(23)20(24)16-18/h5-11,16,21H,3-4,12-15H2,1-2H3. The molecule has 1 fully saturated rings. The van der Waals surface area contributed by atoms with Crippen LogP contribution in [0.2, 0.25) is 0 Å². The van der Waals surface area contributed by atoms with Crippen molar-refractivity contribution in [2.24, 2.45) is 0 Å². The van der Waals surface area contributed by atoms with Gasteiger partial charge in [-0.15, -0.1) is 0 Å². The molecule has 1 atom stereocenters. The zero-order valence-corrected chi connectivity index (χ0v) is 18.5. The molecule has 0 saturated carbocycles. The van der Waals surface area contributed by atoms with Crippen molar-refractivity contribution in [3.63, 3.8) is 0 Å². The van der Waals surface area contributed by atoms with E-state index >= 15 is 0 Å². The van der Waals surface area contributed by atoms with Crippen LogP contribution in [0.3, 0.4) is 0 Å². The van der Waals surface area contributed by atoms with Crippen LogP contribution in [0.4, 0.5) is 8.78 Å². The number of amides is 1. The maximum Gasteiger partial charge on any atom is 0.244 e. The molecule has 0 radical (unpaired) electrons. The highest BCUT2D eigenvalue weighted by molar-refractivity contribution is 7.89. The lowest BCUT2D eigenvalue weighted by atomic mass is 10.0. The highest BCUT2D eigenvalue weighted by Gasteiger charge is 2.35. The Kier molecular flexibility index (Phi) is 7.40. The van der Waals surface area contributed by atoms with E-state index in [9.17, 15) is 22.0 Å². The van der Waals surface area contributed by atoms with Crippen LogP contribution in [-0.4, -0.2) is 67.7 Å². The van der Waals surface area contributed by atoms with Crippen LogP contribution < -0.4 is 0 Å². The molecule has 1 amide bonds. The quantitative estimate of drug-likeness (QED) is 0.650. The Morgan fingerprint density at radius 1 is 0.968 bits per heavy atom. The molecule has 1 heterocycles. The average molecular weight is 452 g/mol. The molecular formula is C22H27F2N3O3S. The van der Waals surface area contributed by atoms with Crippen molar-refractivity contribution in [2.45, 2.75) is 24.8 Å². The summed E-state index contributed by atoms with van der Waals surface area (Å²) in [6.07, 6.45) is 0. The van der Waals surface area contributed by atoms with Crippen molar-refractivity contribution in [3.05, 3.63) is 65.7 Å². The fraction of sp³-hybridized carbons (Fsp3) is 0.409. The molecule has 0 N–H and O–H groups in total. The maximum absolute atomic E-state index is 13.6. The van der Waals surface area contributed by atoms with E-state index in [2.05, 4.69) is 0 Å². The SMILES string of the molecule is CCN(CC)C(=O)C(c1ccccc1)N1CCN(S(=O)(=O)c2ccc(F)c(F)c2)CC1. The van der Waals surface area contributed by atoms with E-state index in [1.165, 1.54) is 4.31 Å². The number of rotatable bonds is 7. The van der Waals surface area contributed by atoms with Gasteiger partial charge in [-0.25, -0.2) is 17.2 Å². The zero-order chi connectivity index (χ0) is 22.6. The molecule has 1 aliphatic heterocycles. The van der Waals surface area contributed by atoms with Gasteiger partial charge in [0, 0.05) is 39.3 Å². The lowest BCUT2D eigenvalue weighted by Crippen LogP contribution is -2.52. The smallest absolute Gasteiger partial charge is 0.244 e. The average Bonchev–Trinajstić information content (AvgIpc) is 2.78. The maximum atomic E-state index is 13.6. The van der Waals surface area contributed by atoms with Gasteiger partial charge in [-0.05, 0) is 37.6 Å². The number of piperazine rings is 1. The molecule has 0 aromatic heterocycles. The number of hydrogen-bond acceptors (Lipinski definition) is 4. The first-order valence-corrected chi connectivity index (χ1v) is 11.8.